The van der Waals surface area contributed by atoms with Crippen LogP contribution >= 0.6 is 15.9 Å². The summed E-state index contributed by atoms with van der Waals surface area (Å²) >= 11 is 3.13. The van der Waals surface area contributed by atoms with E-state index in [0.29, 0.717) is 32.4 Å². The number of ether oxygens (including phenoxy) is 2. The zero-order chi connectivity index (χ0) is 70.8. The van der Waals surface area contributed by atoms with Crippen molar-refractivity contribution >= 4 is 50.8 Å². The minimum absolute atomic E-state index is 0. The van der Waals surface area contributed by atoms with E-state index in [2.05, 4.69) is 71.5 Å². The second-order valence-electron chi connectivity index (χ2n) is 14.7. The fraction of sp³-hybridized carbons (Fsp3) is 0.510. The Balaban J connectivity index is -0.0000000702. The summed E-state index contributed by atoms with van der Waals surface area (Å²) in [5, 5.41) is 26.2. The minimum atomic E-state index is -5.63. The number of alkyl halides is 29. The van der Waals surface area contributed by atoms with Gasteiger partial charge in [0.1, 0.15) is 0 Å². The van der Waals surface area contributed by atoms with Crippen LogP contribution in [-0.2, 0) is 14.3 Å². The number of benzene rings is 1. The van der Waals surface area contributed by atoms with Crippen molar-refractivity contribution in [2.45, 2.75) is 144 Å². The van der Waals surface area contributed by atoms with Crippen LogP contribution in [0.25, 0.3) is 6.08 Å². The van der Waals surface area contributed by atoms with Gasteiger partial charge in [-0.15, -0.1) is 19.7 Å². The zero-order valence-corrected chi connectivity index (χ0v) is 53.0. The van der Waals surface area contributed by atoms with Gasteiger partial charge in [-0.05, 0) is 23.8 Å². The van der Waals surface area contributed by atoms with E-state index < -0.39 is 133 Å². The summed E-state index contributed by atoms with van der Waals surface area (Å²) in [7, 11) is 1.18. The van der Waals surface area contributed by atoms with Gasteiger partial charge in [-0.2, -0.15) is 96.6 Å². The zero-order valence-electron chi connectivity index (χ0n) is 47.4. The molecular formula is C51H62Br2F30MgNaO6+. The molecule has 0 aromatic heterocycles. The summed E-state index contributed by atoms with van der Waals surface area (Å²) in [6.07, 6.45) is -40.7. The molecule has 2 N–H and O–H groups in total. The Morgan fingerprint density at radius 3 is 1.21 bits per heavy atom. The van der Waals surface area contributed by atoms with E-state index in [9.17, 15) is 142 Å². The Morgan fingerprint density at radius 1 is 0.703 bits per heavy atom. The van der Waals surface area contributed by atoms with Crippen molar-refractivity contribution in [1.29, 1.82) is 0 Å². The van der Waals surface area contributed by atoms with E-state index in [1.54, 1.807) is 6.08 Å². The smallest absolute Gasteiger partial charge is 1.00 e. The van der Waals surface area contributed by atoms with Gasteiger partial charge in [0, 0.05) is 51.0 Å². The summed E-state index contributed by atoms with van der Waals surface area (Å²) in [6, 6.07) is 10.0. The normalized spacial score (nSPS) is 17.2. The van der Waals surface area contributed by atoms with Crippen molar-refractivity contribution in [1.82, 2.24) is 0 Å². The van der Waals surface area contributed by atoms with Gasteiger partial charge in [-0.1, -0.05) is 125 Å². The van der Waals surface area contributed by atoms with Gasteiger partial charge in [0.05, 0.1) is 0 Å². The summed E-state index contributed by atoms with van der Waals surface area (Å²) in [5.74, 6) is -21.6. The van der Waals surface area contributed by atoms with Crippen molar-refractivity contribution in [3.05, 3.63) is 142 Å². The van der Waals surface area contributed by atoms with Crippen LogP contribution in [0.1, 0.15) is 61.4 Å². The molecular weight excluding hydrogens is 1490 g/mol. The first-order valence-corrected chi connectivity index (χ1v) is 23.0. The van der Waals surface area contributed by atoms with E-state index in [1.807, 2.05) is 50.3 Å². The number of aliphatic hydroxyl groups is 2. The molecule has 528 valence electrons. The second kappa shape index (κ2) is 49.4. The summed E-state index contributed by atoms with van der Waals surface area (Å²) in [5.41, 5.74) is -9.93. The van der Waals surface area contributed by atoms with Crippen molar-refractivity contribution < 1.29 is 209 Å². The maximum atomic E-state index is 13.3. The average Bonchev–Trinajstić information content (AvgIpc) is 3.88. The predicted molar refractivity (Wildman–Crippen MR) is 276 cm³/mol. The SMILES string of the molecule is C.C.C=CCBr.C=CCC(F)(F)C(=O)C(F)F.C=CCC(F)(F)C(C=C)(OC)C(F)(F)F.C=Cc1ccccc1.CC.COC1(C(F)(F)F)C=CCC1(F)F.OC(C(F)(F)F)C(F)(F)F.OC1(C(F)(F)F)C=CCC1(F)F.[Br-].[CH-]=C.[H+].[Mg+2].[Na+].[O-]C(=C(F)F)C(F)(F)F. The molecule has 0 radical (unpaired) electrons. The number of carbonyl (C=O) groups excluding carboxylic acids is 1. The van der Waals surface area contributed by atoms with Crippen molar-refractivity contribution in [3.8, 4) is 0 Å². The predicted octanol–water partition coefficient (Wildman–Crippen LogP) is 12.8. The standard InChI is InChI=1S/C9H11F5O.C8H8.C7H7F5O.C6H5F5O.C6H6F4O.C3H5Br.C3H2F6O.C3HF5O.C2H6.C2H3.2CH4.BrH.Mg.Na/c1-4-6-8(10,11)7(5-2,15-3)9(12,13)14;1-2-8-6-4-3-5-7-8;1-13-5(7(10,11)12)3-2-4-6(5,8)9;7-5(8)3-1-2-4(5,12)6(9,10)11;1-2-3-6(9,10)4(11)5(7)8;1-2-3-4;4-2(5,6)1(10)3(7,8)9;4-2(5)1(9)3(6,7)8;2*1-2;;;;;/h4-5H,1-2,6H2,3H3;2-7H,1H2;2-3H,4H2,1H3;1-2,12H,3H2;2,5H,1,3H2;2H,1,3H2;1,10H;9H;1-2H3;1H,2H2;2*1H4;1H;;/q;;;;;;;;;-1;;;;+2;+1/p-1. The van der Waals surface area contributed by atoms with Gasteiger partial charge in [-0.3, -0.25) is 11.4 Å². The number of aliphatic hydroxyl groups excluding tert-OH is 1. The quantitative estimate of drug-likeness (QED) is 0.0540. The van der Waals surface area contributed by atoms with Crippen LogP contribution in [0, 0.1) is 6.58 Å². The Morgan fingerprint density at radius 2 is 1.07 bits per heavy atom. The molecule has 1 aromatic rings. The van der Waals surface area contributed by atoms with Gasteiger partial charge in [0.25, 0.3) is 29.6 Å². The molecule has 1 aromatic carbocycles. The van der Waals surface area contributed by atoms with Crippen LogP contribution < -0.4 is 51.6 Å². The van der Waals surface area contributed by atoms with Gasteiger partial charge < -0.3 is 48.4 Å². The average molecular weight is 1550 g/mol. The maximum absolute atomic E-state index is 13.3. The van der Waals surface area contributed by atoms with Crippen molar-refractivity contribution in [2.24, 2.45) is 0 Å². The van der Waals surface area contributed by atoms with Crippen LogP contribution in [0.3, 0.4) is 0 Å². The van der Waals surface area contributed by atoms with Crippen LogP contribution in [-0.4, -0.2) is 149 Å². The monoisotopic (exact) mass is 1550 g/mol. The summed E-state index contributed by atoms with van der Waals surface area (Å²) in [6.45, 7) is 26.7. The number of rotatable bonds is 12. The Labute approximate surface area is 563 Å². The van der Waals surface area contributed by atoms with Crippen LogP contribution in [0.15, 0.2) is 130 Å². The van der Waals surface area contributed by atoms with Crippen LogP contribution in [0.5, 0.6) is 0 Å². The van der Waals surface area contributed by atoms with Crippen LogP contribution in [0.4, 0.5) is 132 Å². The van der Waals surface area contributed by atoms with E-state index in [4.69, 9.17) is 10.2 Å². The number of allylic oxidation sites excluding steroid dienone is 6. The van der Waals surface area contributed by atoms with E-state index in [-0.39, 0.29) is 98.0 Å². The molecule has 0 heterocycles. The first-order valence-electron chi connectivity index (χ1n) is 21.9. The number of Topliss-reactive ketones (excluding diaryl/α,β-unsaturated/α-hetero) is 1. The second-order valence-corrected chi connectivity index (χ2v) is 15.3. The number of methoxy groups -OCH3 is 2. The summed E-state index contributed by atoms with van der Waals surface area (Å²) < 4.78 is 362. The fourth-order valence-corrected chi connectivity index (χ4v) is 4.72. The molecule has 2 aliphatic rings. The number of hydrogen-bond acceptors (Lipinski definition) is 6. The first-order chi connectivity index (χ1) is 38.4. The third-order valence-electron chi connectivity index (χ3n) is 8.86. The number of hydrogen-bond donors (Lipinski definition) is 2. The molecule has 6 nitrogen and oxygen atoms in total. The number of ketones is 1. The van der Waals surface area contributed by atoms with E-state index in [0.717, 1.165) is 17.5 Å². The topological polar surface area (TPSA) is 99.1 Å². The van der Waals surface area contributed by atoms with Crippen molar-refractivity contribution in [3.63, 3.8) is 0 Å². The first kappa shape index (κ1) is 115. The molecule has 0 bridgehead atoms. The minimum Gasteiger partial charge on any atom is -1.00 e. The third kappa shape index (κ3) is 38.8. The molecule has 91 heavy (non-hydrogen) atoms. The number of carbonyl (C=O) groups is 1. The molecule has 0 amide bonds. The van der Waals surface area contributed by atoms with Gasteiger partial charge >= 0.3 is 103 Å². The molecule has 2 aliphatic carbocycles. The molecule has 0 saturated heterocycles. The van der Waals surface area contributed by atoms with Gasteiger partial charge in [0.15, 0.2) is 0 Å². The molecule has 3 atom stereocenters. The van der Waals surface area contributed by atoms with Gasteiger partial charge in [0.2, 0.25) is 22.9 Å². The van der Waals surface area contributed by atoms with Crippen molar-refractivity contribution in [2.75, 3.05) is 19.5 Å². The molecule has 3 rings (SSSR count). The molecule has 40 heteroatoms. The number of halogens is 32. The molecule has 0 saturated carbocycles. The molecule has 0 fully saturated rings. The fourth-order valence-electron chi connectivity index (χ4n) is 4.72. The Hall–Kier alpha value is -3.18. The Bertz CT molecular complexity index is 2210. The molecule has 0 spiro atoms. The molecule has 0 aliphatic heterocycles. The largest absolute Gasteiger partial charge is 2.00 e. The Kier molecular flexibility index (Phi) is 62.5. The third-order valence-corrected chi connectivity index (χ3v) is 9.32. The maximum Gasteiger partial charge on any atom is 2.00 e. The van der Waals surface area contributed by atoms with E-state index >= 15 is 0 Å². The van der Waals surface area contributed by atoms with Crippen LogP contribution in [0.2, 0.25) is 0 Å². The molecule has 3 unspecified atom stereocenters. The van der Waals surface area contributed by atoms with E-state index in [1.165, 1.54) is 5.56 Å². The summed E-state index contributed by atoms with van der Waals surface area (Å²) in [4.78, 5) is 10.0. The van der Waals surface area contributed by atoms with Gasteiger partial charge in [-0.25, -0.2) is 35.1 Å².